The highest BCUT2D eigenvalue weighted by Gasteiger charge is 2.28. The number of halogens is 1. The lowest BCUT2D eigenvalue weighted by Crippen LogP contribution is -2.36. The van der Waals surface area contributed by atoms with E-state index in [-0.39, 0.29) is 4.90 Å². The predicted molar refractivity (Wildman–Crippen MR) is 111 cm³/mol. The van der Waals surface area contributed by atoms with E-state index in [1.165, 1.54) is 34.1 Å². The van der Waals surface area contributed by atoms with Crippen molar-refractivity contribution in [1.29, 1.82) is 0 Å². The van der Waals surface area contributed by atoms with Crippen LogP contribution in [-0.4, -0.2) is 24.3 Å². The van der Waals surface area contributed by atoms with Crippen LogP contribution in [0.15, 0.2) is 77.8 Å². The number of hydrogen-bond acceptors (Lipinski definition) is 2. The molecule has 0 unspecified atom stereocenters. The summed E-state index contributed by atoms with van der Waals surface area (Å²) in [6.07, 6.45) is 2.58. The number of benzene rings is 3. The molecule has 146 valence electrons. The predicted octanol–water partition coefficient (Wildman–Crippen LogP) is 4.72. The third kappa shape index (κ3) is 3.24. The molecule has 6 heteroatoms. The van der Waals surface area contributed by atoms with E-state index in [0.29, 0.717) is 19.5 Å². The molecule has 1 aliphatic rings. The van der Waals surface area contributed by atoms with Gasteiger partial charge in [-0.05, 0) is 82.6 Å². The molecular weight excluding hydrogens is 387 g/mol. The van der Waals surface area contributed by atoms with Gasteiger partial charge in [-0.15, -0.1) is 0 Å². The van der Waals surface area contributed by atoms with Gasteiger partial charge in [0.05, 0.1) is 4.90 Å². The lowest BCUT2D eigenvalue weighted by Gasteiger charge is -2.28. The number of fused-ring (bicyclic) bond motifs is 2. The molecule has 4 aromatic rings. The second-order valence-corrected chi connectivity index (χ2v) is 9.24. The molecule has 0 amide bonds. The average molecular weight is 406 g/mol. The van der Waals surface area contributed by atoms with Gasteiger partial charge in [0.1, 0.15) is 5.82 Å². The van der Waals surface area contributed by atoms with Crippen molar-refractivity contribution in [2.75, 3.05) is 6.54 Å². The molecule has 3 aromatic carbocycles. The number of aromatic nitrogens is 1. The van der Waals surface area contributed by atoms with E-state index in [1.54, 1.807) is 0 Å². The molecule has 0 spiro atoms. The van der Waals surface area contributed by atoms with Gasteiger partial charge in [0, 0.05) is 24.8 Å². The summed E-state index contributed by atoms with van der Waals surface area (Å²) in [5.74, 6) is -0.447. The molecule has 1 N–H and O–H groups in total. The third-order valence-electron chi connectivity index (χ3n) is 5.52. The molecule has 0 radical (unpaired) electrons. The van der Waals surface area contributed by atoms with Crippen molar-refractivity contribution in [2.45, 2.75) is 17.9 Å². The number of nitrogens with zero attached hydrogens (tertiary/aromatic N) is 1. The molecule has 0 fully saturated rings. The first kappa shape index (κ1) is 18.1. The van der Waals surface area contributed by atoms with Crippen molar-refractivity contribution in [3.05, 3.63) is 89.9 Å². The molecule has 4 nitrogen and oxygen atoms in total. The fourth-order valence-electron chi connectivity index (χ4n) is 3.90. The van der Waals surface area contributed by atoms with Crippen molar-refractivity contribution in [1.82, 2.24) is 9.29 Å². The van der Waals surface area contributed by atoms with Gasteiger partial charge in [-0.2, -0.15) is 4.31 Å². The van der Waals surface area contributed by atoms with Gasteiger partial charge < -0.3 is 4.98 Å². The molecule has 0 aliphatic carbocycles. The minimum atomic E-state index is -3.66. The van der Waals surface area contributed by atoms with E-state index in [2.05, 4.69) is 41.4 Å². The Bertz CT molecular complexity index is 1310. The summed E-state index contributed by atoms with van der Waals surface area (Å²) < 4.78 is 40.6. The summed E-state index contributed by atoms with van der Waals surface area (Å²) in [5, 5.41) is 1.14. The van der Waals surface area contributed by atoms with E-state index in [0.717, 1.165) is 27.6 Å². The van der Waals surface area contributed by atoms with Crippen LogP contribution in [0.25, 0.3) is 22.0 Å². The highest BCUT2D eigenvalue weighted by molar-refractivity contribution is 7.89. The SMILES string of the molecule is O=S(=O)(c1ccc(F)cc1)N1CCc2ccc(-c3ccc4[nH]ccc4c3)cc2C1. The maximum atomic E-state index is 13.2. The van der Waals surface area contributed by atoms with Crippen LogP contribution >= 0.6 is 0 Å². The molecule has 2 heterocycles. The zero-order valence-electron chi connectivity index (χ0n) is 15.6. The van der Waals surface area contributed by atoms with Crippen LogP contribution in [0.2, 0.25) is 0 Å². The zero-order chi connectivity index (χ0) is 20.0. The van der Waals surface area contributed by atoms with E-state index < -0.39 is 15.8 Å². The van der Waals surface area contributed by atoms with E-state index in [4.69, 9.17) is 0 Å². The summed E-state index contributed by atoms with van der Waals surface area (Å²) in [4.78, 5) is 3.31. The van der Waals surface area contributed by atoms with Crippen LogP contribution in [0.5, 0.6) is 0 Å². The largest absolute Gasteiger partial charge is 0.361 e. The van der Waals surface area contributed by atoms with Gasteiger partial charge in [0.15, 0.2) is 0 Å². The Morgan fingerprint density at radius 3 is 2.45 bits per heavy atom. The normalized spacial score (nSPS) is 14.8. The molecule has 0 atom stereocenters. The molecule has 1 aliphatic heterocycles. The van der Waals surface area contributed by atoms with Crippen LogP contribution in [0.1, 0.15) is 11.1 Å². The summed E-state index contributed by atoms with van der Waals surface area (Å²) in [6, 6.07) is 19.6. The average Bonchev–Trinajstić information content (AvgIpc) is 3.21. The fraction of sp³-hybridized carbons (Fsp3) is 0.130. The number of nitrogens with one attached hydrogen (secondary N) is 1. The Kier molecular flexibility index (Phi) is 4.26. The first-order valence-electron chi connectivity index (χ1n) is 9.46. The van der Waals surface area contributed by atoms with E-state index in [1.807, 2.05) is 12.3 Å². The maximum absolute atomic E-state index is 13.2. The van der Waals surface area contributed by atoms with Crippen molar-refractivity contribution in [2.24, 2.45) is 0 Å². The smallest absolute Gasteiger partial charge is 0.243 e. The van der Waals surface area contributed by atoms with Gasteiger partial charge in [-0.25, -0.2) is 12.8 Å². The Balaban J connectivity index is 1.48. The monoisotopic (exact) mass is 406 g/mol. The summed E-state index contributed by atoms with van der Waals surface area (Å²) in [5.41, 5.74) is 5.42. The molecule has 0 bridgehead atoms. The molecule has 0 saturated carbocycles. The zero-order valence-corrected chi connectivity index (χ0v) is 16.4. The Morgan fingerprint density at radius 1 is 0.862 bits per heavy atom. The first-order chi connectivity index (χ1) is 14.0. The second kappa shape index (κ2) is 6.83. The molecule has 29 heavy (non-hydrogen) atoms. The number of hydrogen-bond donors (Lipinski definition) is 1. The third-order valence-corrected chi connectivity index (χ3v) is 7.38. The van der Waals surface area contributed by atoms with Gasteiger partial charge in [-0.3, -0.25) is 0 Å². The van der Waals surface area contributed by atoms with Crippen LogP contribution in [0.3, 0.4) is 0 Å². The number of sulfonamides is 1. The lowest BCUT2D eigenvalue weighted by atomic mass is 9.95. The number of rotatable bonds is 3. The minimum absolute atomic E-state index is 0.122. The minimum Gasteiger partial charge on any atom is -0.361 e. The number of H-pyrrole nitrogens is 1. The first-order valence-corrected chi connectivity index (χ1v) is 10.9. The van der Waals surface area contributed by atoms with Crippen molar-refractivity contribution >= 4 is 20.9 Å². The summed E-state index contributed by atoms with van der Waals surface area (Å²) in [6.45, 7) is 0.733. The van der Waals surface area contributed by atoms with Gasteiger partial charge in [0.25, 0.3) is 0 Å². The van der Waals surface area contributed by atoms with Gasteiger partial charge in [0.2, 0.25) is 10.0 Å². The standard InChI is InChI=1S/C23H19FN2O2S/c24-21-4-6-22(7-5-21)29(27,28)26-12-10-16-1-2-17(14-20(16)15-26)18-3-8-23-19(13-18)9-11-25-23/h1-9,11,13-14,25H,10,12,15H2. The highest BCUT2D eigenvalue weighted by Crippen LogP contribution is 2.30. The molecule has 5 rings (SSSR count). The second-order valence-electron chi connectivity index (χ2n) is 7.31. The Hall–Kier alpha value is -2.96. The van der Waals surface area contributed by atoms with Crippen LogP contribution < -0.4 is 0 Å². The Labute approximate surface area is 168 Å². The quantitative estimate of drug-likeness (QED) is 0.535. The van der Waals surface area contributed by atoms with Crippen LogP contribution in [0.4, 0.5) is 4.39 Å². The highest BCUT2D eigenvalue weighted by atomic mass is 32.2. The van der Waals surface area contributed by atoms with E-state index in [9.17, 15) is 12.8 Å². The van der Waals surface area contributed by atoms with E-state index >= 15 is 0 Å². The molecule has 0 saturated heterocycles. The molecule has 1 aromatic heterocycles. The van der Waals surface area contributed by atoms with Crippen molar-refractivity contribution < 1.29 is 12.8 Å². The van der Waals surface area contributed by atoms with Crippen molar-refractivity contribution in [3.8, 4) is 11.1 Å². The van der Waals surface area contributed by atoms with Gasteiger partial charge in [-0.1, -0.05) is 18.2 Å². The van der Waals surface area contributed by atoms with Crippen LogP contribution in [0, 0.1) is 5.82 Å². The lowest BCUT2D eigenvalue weighted by molar-refractivity contribution is 0.391. The van der Waals surface area contributed by atoms with Gasteiger partial charge >= 0.3 is 0 Å². The fourth-order valence-corrected chi connectivity index (χ4v) is 5.32. The maximum Gasteiger partial charge on any atom is 0.243 e. The summed E-state index contributed by atoms with van der Waals surface area (Å²) in [7, 11) is -3.66. The topological polar surface area (TPSA) is 53.2 Å². The molecular formula is C23H19FN2O2S. The number of aromatic amines is 1. The summed E-state index contributed by atoms with van der Waals surface area (Å²) >= 11 is 0. The van der Waals surface area contributed by atoms with Crippen LogP contribution in [-0.2, 0) is 23.0 Å². The Morgan fingerprint density at radius 2 is 1.62 bits per heavy atom. The van der Waals surface area contributed by atoms with Crippen molar-refractivity contribution in [3.63, 3.8) is 0 Å².